The number of halogens is 3. The van der Waals surface area contributed by atoms with Gasteiger partial charge in [0.05, 0.1) is 12.3 Å². The van der Waals surface area contributed by atoms with Crippen molar-refractivity contribution in [1.29, 1.82) is 0 Å². The number of fused-ring (bicyclic) bond motifs is 1. The van der Waals surface area contributed by atoms with Crippen LogP contribution in [-0.4, -0.2) is 68.9 Å². The number of ether oxygens (including phenoxy) is 1. The lowest BCUT2D eigenvalue weighted by molar-refractivity contribution is -0.127. The predicted octanol–water partition coefficient (Wildman–Crippen LogP) is 5.08. The molecular formula is C27H36F3N5O7S2. The molecule has 0 spiro atoms. The Labute approximate surface area is 257 Å². The molecule has 1 unspecified atom stereocenters. The minimum atomic E-state index is -4.39. The number of carbonyl (C=O) groups is 1. The van der Waals surface area contributed by atoms with Crippen LogP contribution in [0.3, 0.4) is 0 Å². The Morgan fingerprint density at radius 3 is 2.43 bits per heavy atom. The first-order valence-electron chi connectivity index (χ1n) is 13.5. The first-order valence-corrected chi connectivity index (χ1v) is 15.7. The summed E-state index contributed by atoms with van der Waals surface area (Å²) in [4.78, 5) is 16.1. The summed E-state index contributed by atoms with van der Waals surface area (Å²) in [5.41, 5.74) is -3.73. The van der Waals surface area contributed by atoms with Gasteiger partial charge in [-0.3, -0.25) is 4.18 Å². The molecule has 4 N–H and O–H groups in total. The number of nitrogens with zero attached hydrogens (tertiary/aromatic N) is 3. The van der Waals surface area contributed by atoms with Crippen LogP contribution in [0.5, 0.6) is 0 Å². The molecule has 17 heteroatoms. The second-order valence-corrected chi connectivity index (χ2v) is 14.0. The van der Waals surface area contributed by atoms with Gasteiger partial charge in [-0.1, -0.05) is 12.1 Å². The molecule has 1 aromatic carbocycles. The van der Waals surface area contributed by atoms with E-state index >= 15 is 0 Å². The van der Waals surface area contributed by atoms with Crippen LogP contribution in [0.25, 0.3) is 16.9 Å². The number of anilines is 1. The molecule has 12 nitrogen and oxygen atoms in total. The normalized spacial score (nSPS) is 17.6. The number of thioether (sulfide) groups is 1. The molecule has 4 rings (SSSR count). The van der Waals surface area contributed by atoms with Crippen LogP contribution in [-0.2, 0) is 19.2 Å². The van der Waals surface area contributed by atoms with Gasteiger partial charge in [0, 0.05) is 28.8 Å². The summed E-state index contributed by atoms with van der Waals surface area (Å²) >= 11 is -0.186. The lowest BCUT2D eigenvalue weighted by Gasteiger charge is -2.19. The fourth-order valence-corrected chi connectivity index (χ4v) is 5.46. The van der Waals surface area contributed by atoms with Crippen molar-refractivity contribution in [1.82, 2.24) is 19.3 Å². The number of hydrogen-bond acceptors (Lipinski definition) is 11. The third kappa shape index (κ3) is 12.5. The molecule has 1 saturated carbocycles. The fraction of sp³-hybridized carbons (Fsp3) is 0.519. The number of aromatic nitrogens is 3. The zero-order chi connectivity index (χ0) is 32.9. The van der Waals surface area contributed by atoms with Crippen molar-refractivity contribution in [2.24, 2.45) is 5.92 Å². The summed E-state index contributed by atoms with van der Waals surface area (Å²) in [5, 5.41) is 24.1. The molecule has 1 aliphatic carbocycles. The van der Waals surface area contributed by atoms with Gasteiger partial charge in [0.1, 0.15) is 11.4 Å². The number of hydrogen-bond donors (Lipinski definition) is 4. The molecule has 0 saturated heterocycles. The summed E-state index contributed by atoms with van der Waals surface area (Å²) < 4.78 is 75.8. The number of nitrogens with one attached hydrogen (secondary N) is 2. The van der Waals surface area contributed by atoms with Crippen molar-refractivity contribution in [2.75, 3.05) is 11.9 Å². The summed E-state index contributed by atoms with van der Waals surface area (Å²) in [6.45, 7) is 7.34. The Morgan fingerprint density at radius 2 is 1.80 bits per heavy atom. The van der Waals surface area contributed by atoms with E-state index in [0.29, 0.717) is 35.6 Å². The second kappa shape index (κ2) is 13.9. The smallest absolute Gasteiger partial charge is 0.443 e. The molecule has 2 atom stereocenters. The topological polar surface area (TPSA) is 164 Å². The highest BCUT2D eigenvalue weighted by molar-refractivity contribution is 8.00. The molecule has 1 amide bonds. The van der Waals surface area contributed by atoms with Crippen molar-refractivity contribution in [3.8, 4) is 11.3 Å². The van der Waals surface area contributed by atoms with E-state index < -0.39 is 33.3 Å². The molecule has 0 bridgehead atoms. The fourth-order valence-electron chi connectivity index (χ4n) is 4.18. The number of amides is 1. The van der Waals surface area contributed by atoms with E-state index in [4.69, 9.17) is 19.1 Å². The predicted molar refractivity (Wildman–Crippen MR) is 158 cm³/mol. The van der Waals surface area contributed by atoms with Crippen LogP contribution in [0.15, 0.2) is 47.5 Å². The van der Waals surface area contributed by atoms with Crippen molar-refractivity contribution in [3.05, 3.63) is 42.6 Å². The highest BCUT2D eigenvalue weighted by atomic mass is 32.2. The summed E-state index contributed by atoms with van der Waals surface area (Å²) in [6.07, 6.45) is 2.53. The number of benzene rings is 1. The Morgan fingerprint density at radius 1 is 1.11 bits per heavy atom. The second-order valence-electron chi connectivity index (χ2n) is 11.6. The van der Waals surface area contributed by atoms with Crippen LogP contribution in [0.4, 0.5) is 23.8 Å². The Kier molecular flexibility index (Phi) is 11.2. The van der Waals surface area contributed by atoms with Crippen LogP contribution in [0, 0.1) is 5.92 Å². The van der Waals surface area contributed by atoms with Crippen LogP contribution in [0.1, 0.15) is 53.9 Å². The SMILES string of the molecule is CC(C)(C)OC(=O)NS(=O)(=O)OCC1CC[C@H](Nc2ccnc3cc(-c4cccc(SC(F)(F)F)c4)nn23)C1.CC(C)(O)O. The molecule has 1 aliphatic rings. The van der Waals surface area contributed by atoms with Crippen LogP contribution < -0.4 is 10.0 Å². The first-order chi connectivity index (χ1) is 20.2. The number of aliphatic hydroxyl groups is 2. The molecule has 244 valence electrons. The molecule has 2 heterocycles. The van der Waals surface area contributed by atoms with Crippen LogP contribution >= 0.6 is 11.8 Å². The summed E-state index contributed by atoms with van der Waals surface area (Å²) in [6, 6.07) is 9.47. The third-order valence-corrected chi connectivity index (χ3v) is 7.26. The maximum Gasteiger partial charge on any atom is 0.446 e. The summed E-state index contributed by atoms with van der Waals surface area (Å²) in [7, 11) is -4.31. The van der Waals surface area contributed by atoms with E-state index in [-0.39, 0.29) is 35.2 Å². The third-order valence-electron chi connectivity index (χ3n) is 5.68. The summed E-state index contributed by atoms with van der Waals surface area (Å²) in [5.74, 6) is -0.935. The largest absolute Gasteiger partial charge is 0.446 e. The molecule has 1 fully saturated rings. The van der Waals surface area contributed by atoms with Gasteiger partial charge in [0.15, 0.2) is 11.4 Å². The highest BCUT2D eigenvalue weighted by Crippen LogP contribution is 2.38. The van der Waals surface area contributed by atoms with E-state index in [2.05, 4.69) is 15.4 Å². The van der Waals surface area contributed by atoms with Crippen molar-refractivity contribution >= 4 is 39.6 Å². The van der Waals surface area contributed by atoms with E-state index in [9.17, 15) is 26.4 Å². The van der Waals surface area contributed by atoms with Gasteiger partial charge < -0.3 is 20.3 Å². The van der Waals surface area contributed by atoms with Gasteiger partial charge in [0.25, 0.3) is 0 Å². The zero-order valence-corrected chi connectivity index (χ0v) is 26.4. The van der Waals surface area contributed by atoms with Gasteiger partial charge in [-0.15, -0.1) is 0 Å². The molecule has 0 radical (unpaired) electrons. The van der Waals surface area contributed by atoms with Crippen molar-refractivity contribution in [2.45, 2.75) is 81.7 Å². The minimum Gasteiger partial charge on any atom is -0.443 e. The lowest BCUT2D eigenvalue weighted by Crippen LogP contribution is -2.37. The maximum absolute atomic E-state index is 12.8. The van der Waals surface area contributed by atoms with E-state index in [1.165, 1.54) is 26.0 Å². The minimum absolute atomic E-state index is 0.00937. The molecule has 0 aliphatic heterocycles. The van der Waals surface area contributed by atoms with Gasteiger partial charge in [-0.05, 0) is 89.8 Å². The molecule has 2 aromatic heterocycles. The van der Waals surface area contributed by atoms with Crippen molar-refractivity contribution < 1.29 is 45.5 Å². The molecular weight excluding hydrogens is 627 g/mol. The first kappa shape index (κ1) is 35.4. The van der Waals surface area contributed by atoms with Gasteiger partial charge >= 0.3 is 21.9 Å². The average molecular weight is 664 g/mol. The average Bonchev–Trinajstić information content (AvgIpc) is 3.47. The Hall–Kier alpha value is -3.12. The van der Waals surface area contributed by atoms with E-state index in [1.807, 2.05) is 0 Å². The number of carbonyl (C=O) groups excluding carboxylic acids is 1. The van der Waals surface area contributed by atoms with Crippen molar-refractivity contribution in [3.63, 3.8) is 0 Å². The molecule has 3 aromatic rings. The van der Waals surface area contributed by atoms with Gasteiger partial charge in [-0.2, -0.15) is 35.9 Å². The van der Waals surface area contributed by atoms with Crippen LogP contribution in [0.2, 0.25) is 0 Å². The van der Waals surface area contributed by atoms with Gasteiger partial charge in [0.2, 0.25) is 0 Å². The Balaban J connectivity index is 0.000000978. The zero-order valence-electron chi connectivity index (χ0n) is 24.8. The van der Waals surface area contributed by atoms with Gasteiger partial charge in [-0.25, -0.2) is 9.78 Å². The number of rotatable bonds is 8. The van der Waals surface area contributed by atoms with E-state index in [0.717, 1.165) is 6.42 Å². The van der Waals surface area contributed by atoms with E-state index in [1.54, 1.807) is 60.5 Å². The maximum atomic E-state index is 12.8. The number of alkyl halides is 3. The quantitative estimate of drug-likeness (QED) is 0.188. The highest BCUT2D eigenvalue weighted by Gasteiger charge is 2.30. The molecule has 44 heavy (non-hydrogen) atoms. The standard InChI is InChI=1S/C24H28F3N5O5S2.C3H8O2/c1-23(2,3)37-22(33)31-39(34,35)36-14-15-7-8-17(11-15)29-20-9-10-28-21-13-19(30-32(20)21)16-5-4-6-18(12-16)38-24(25,26)27;1-3(2,4)5/h4-6,9-10,12-13,15,17,29H,7-8,11,14H2,1-3H3,(H,31,33);4-5H,1-2H3/t15?,17-;/m0./s1. The Bertz CT molecular complexity index is 1530. The lowest BCUT2D eigenvalue weighted by atomic mass is 10.1. The monoisotopic (exact) mass is 663 g/mol.